The van der Waals surface area contributed by atoms with Gasteiger partial charge in [0.1, 0.15) is 5.56 Å². The van der Waals surface area contributed by atoms with Crippen molar-refractivity contribution in [2.24, 2.45) is 0 Å². The van der Waals surface area contributed by atoms with Crippen LogP contribution in [0, 0.1) is 0 Å². The van der Waals surface area contributed by atoms with Crippen LogP contribution in [-0.4, -0.2) is 16.1 Å². The Bertz CT molecular complexity index is 555. The SMILES string of the molecule is CCC(Nc1ccncc1C(=O)O)c1ccccc1. The minimum Gasteiger partial charge on any atom is -0.478 e. The van der Waals surface area contributed by atoms with Crippen LogP contribution in [0.2, 0.25) is 0 Å². The van der Waals surface area contributed by atoms with Gasteiger partial charge in [-0.25, -0.2) is 4.79 Å². The van der Waals surface area contributed by atoms with Gasteiger partial charge in [0.25, 0.3) is 0 Å². The predicted molar refractivity (Wildman–Crippen MR) is 74.3 cm³/mol. The minimum atomic E-state index is -0.974. The van der Waals surface area contributed by atoms with E-state index in [1.165, 1.54) is 6.20 Å². The van der Waals surface area contributed by atoms with Crippen LogP contribution >= 0.6 is 0 Å². The number of hydrogen-bond donors (Lipinski definition) is 2. The molecule has 0 amide bonds. The number of rotatable bonds is 5. The van der Waals surface area contributed by atoms with Crippen molar-refractivity contribution in [1.29, 1.82) is 0 Å². The summed E-state index contributed by atoms with van der Waals surface area (Å²) in [6, 6.07) is 11.8. The lowest BCUT2D eigenvalue weighted by molar-refractivity contribution is 0.0697. The lowest BCUT2D eigenvalue weighted by Crippen LogP contribution is -2.13. The molecule has 19 heavy (non-hydrogen) atoms. The van der Waals surface area contributed by atoms with Gasteiger partial charge in [-0.1, -0.05) is 37.3 Å². The molecule has 0 radical (unpaired) electrons. The number of aromatic carboxylic acids is 1. The van der Waals surface area contributed by atoms with E-state index < -0.39 is 5.97 Å². The maximum atomic E-state index is 11.1. The summed E-state index contributed by atoms with van der Waals surface area (Å²) >= 11 is 0. The molecule has 0 spiro atoms. The van der Waals surface area contributed by atoms with Crippen molar-refractivity contribution >= 4 is 11.7 Å². The number of nitrogens with zero attached hydrogens (tertiary/aromatic N) is 1. The van der Waals surface area contributed by atoms with E-state index in [-0.39, 0.29) is 11.6 Å². The Hall–Kier alpha value is -2.36. The van der Waals surface area contributed by atoms with E-state index in [1.54, 1.807) is 12.3 Å². The summed E-state index contributed by atoms with van der Waals surface area (Å²) < 4.78 is 0. The van der Waals surface area contributed by atoms with Crippen LogP contribution < -0.4 is 5.32 Å². The molecule has 2 rings (SSSR count). The van der Waals surface area contributed by atoms with E-state index in [4.69, 9.17) is 5.11 Å². The summed E-state index contributed by atoms with van der Waals surface area (Å²) in [5.41, 5.74) is 1.92. The average molecular weight is 256 g/mol. The molecule has 4 heteroatoms. The molecular weight excluding hydrogens is 240 g/mol. The molecule has 98 valence electrons. The zero-order valence-corrected chi connectivity index (χ0v) is 10.7. The number of carboxylic acid groups (broad SMARTS) is 1. The number of aromatic nitrogens is 1. The molecule has 0 fully saturated rings. The Morgan fingerprint density at radius 2 is 2.05 bits per heavy atom. The second-order valence-electron chi connectivity index (χ2n) is 4.24. The summed E-state index contributed by atoms with van der Waals surface area (Å²) in [5.74, 6) is -0.974. The minimum absolute atomic E-state index is 0.0849. The monoisotopic (exact) mass is 256 g/mol. The van der Waals surface area contributed by atoms with Gasteiger partial charge in [-0.05, 0) is 18.1 Å². The molecule has 0 aliphatic rings. The van der Waals surface area contributed by atoms with E-state index in [2.05, 4.69) is 17.2 Å². The lowest BCUT2D eigenvalue weighted by atomic mass is 10.0. The second kappa shape index (κ2) is 6.00. The molecule has 0 saturated carbocycles. The molecule has 2 aromatic rings. The molecule has 2 N–H and O–H groups in total. The Kier molecular flexibility index (Phi) is 4.13. The Morgan fingerprint density at radius 1 is 1.32 bits per heavy atom. The van der Waals surface area contributed by atoms with Crippen molar-refractivity contribution < 1.29 is 9.90 Å². The highest BCUT2D eigenvalue weighted by atomic mass is 16.4. The van der Waals surface area contributed by atoms with Gasteiger partial charge in [0.15, 0.2) is 0 Å². The standard InChI is InChI=1S/C15H16N2O2/c1-2-13(11-6-4-3-5-7-11)17-14-8-9-16-10-12(14)15(18)19/h3-10,13H,2H2,1H3,(H,16,17)(H,18,19). The molecule has 0 saturated heterocycles. The van der Waals surface area contributed by atoms with Crippen molar-refractivity contribution in [2.75, 3.05) is 5.32 Å². The first kappa shape index (κ1) is 13.1. The van der Waals surface area contributed by atoms with Crippen LogP contribution in [0.5, 0.6) is 0 Å². The fraction of sp³-hybridized carbons (Fsp3) is 0.200. The third-order valence-electron chi connectivity index (χ3n) is 2.99. The van der Waals surface area contributed by atoms with Crippen LogP contribution in [0.3, 0.4) is 0 Å². The first-order valence-corrected chi connectivity index (χ1v) is 6.21. The van der Waals surface area contributed by atoms with Crippen LogP contribution in [0.15, 0.2) is 48.8 Å². The summed E-state index contributed by atoms with van der Waals surface area (Å²) in [4.78, 5) is 15.0. The van der Waals surface area contributed by atoms with Crippen molar-refractivity contribution in [1.82, 2.24) is 4.98 Å². The topological polar surface area (TPSA) is 62.2 Å². The maximum absolute atomic E-state index is 11.1. The first-order chi connectivity index (χ1) is 9.22. The van der Waals surface area contributed by atoms with Gasteiger partial charge in [0, 0.05) is 12.4 Å². The van der Waals surface area contributed by atoms with Crippen molar-refractivity contribution in [2.45, 2.75) is 19.4 Å². The molecule has 1 unspecified atom stereocenters. The van der Waals surface area contributed by atoms with Gasteiger partial charge in [0.2, 0.25) is 0 Å². The fourth-order valence-corrected chi connectivity index (χ4v) is 1.98. The summed E-state index contributed by atoms with van der Waals surface area (Å²) in [6.45, 7) is 2.06. The highest BCUT2D eigenvalue weighted by Gasteiger charge is 2.14. The number of hydrogen-bond acceptors (Lipinski definition) is 3. The van der Waals surface area contributed by atoms with Gasteiger partial charge >= 0.3 is 5.97 Å². The molecule has 0 bridgehead atoms. The number of pyridine rings is 1. The van der Waals surface area contributed by atoms with E-state index >= 15 is 0 Å². The van der Waals surface area contributed by atoms with Crippen molar-refractivity contribution in [3.63, 3.8) is 0 Å². The molecule has 1 aromatic carbocycles. The van der Waals surface area contributed by atoms with Gasteiger partial charge in [-0.2, -0.15) is 0 Å². The predicted octanol–water partition coefficient (Wildman–Crippen LogP) is 3.34. The highest BCUT2D eigenvalue weighted by molar-refractivity contribution is 5.93. The van der Waals surface area contributed by atoms with E-state index in [0.717, 1.165) is 12.0 Å². The van der Waals surface area contributed by atoms with Gasteiger partial charge in [-0.3, -0.25) is 4.98 Å². The number of nitrogens with one attached hydrogen (secondary N) is 1. The third kappa shape index (κ3) is 3.10. The first-order valence-electron chi connectivity index (χ1n) is 6.21. The maximum Gasteiger partial charge on any atom is 0.339 e. The van der Waals surface area contributed by atoms with E-state index in [0.29, 0.717) is 5.69 Å². The van der Waals surface area contributed by atoms with Crippen LogP contribution in [-0.2, 0) is 0 Å². The molecule has 1 aromatic heterocycles. The largest absolute Gasteiger partial charge is 0.478 e. The number of anilines is 1. The highest BCUT2D eigenvalue weighted by Crippen LogP contribution is 2.24. The molecule has 1 atom stereocenters. The van der Waals surface area contributed by atoms with E-state index in [1.807, 2.05) is 30.3 Å². The van der Waals surface area contributed by atoms with Crippen LogP contribution in [0.1, 0.15) is 35.3 Å². The van der Waals surface area contributed by atoms with Crippen molar-refractivity contribution in [3.8, 4) is 0 Å². The fourth-order valence-electron chi connectivity index (χ4n) is 1.98. The van der Waals surface area contributed by atoms with Crippen LogP contribution in [0.25, 0.3) is 0 Å². The molecule has 1 heterocycles. The van der Waals surface area contributed by atoms with Crippen LogP contribution in [0.4, 0.5) is 5.69 Å². The summed E-state index contributed by atoms with van der Waals surface area (Å²) in [5, 5.41) is 12.4. The summed E-state index contributed by atoms with van der Waals surface area (Å²) in [6.07, 6.45) is 3.82. The second-order valence-corrected chi connectivity index (χ2v) is 4.24. The van der Waals surface area contributed by atoms with Gasteiger partial charge in [-0.15, -0.1) is 0 Å². The third-order valence-corrected chi connectivity index (χ3v) is 2.99. The molecule has 0 aliphatic heterocycles. The quantitative estimate of drug-likeness (QED) is 0.861. The summed E-state index contributed by atoms with van der Waals surface area (Å²) in [7, 11) is 0. The Balaban J connectivity index is 2.27. The normalized spacial score (nSPS) is 11.8. The van der Waals surface area contributed by atoms with Gasteiger partial charge in [0.05, 0.1) is 11.7 Å². The number of benzene rings is 1. The average Bonchev–Trinajstić information content (AvgIpc) is 2.46. The number of carbonyl (C=O) groups is 1. The zero-order valence-electron chi connectivity index (χ0n) is 10.7. The Morgan fingerprint density at radius 3 is 2.68 bits per heavy atom. The molecule has 4 nitrogen and oxygen atoms in total. The smallest absolute Gasteiger partial charge is 0.339 e. The zero-order chi connectivity index (χ0) is 13.7. The molecular formula is C15H16N2O2. The Labute approximate surface area is 112 Å². The number of carboxylic acids is 1. The van der Waals surface area contributed by atoms with Crippen molar-refractivity contribution in [3.05, 3.63) is 59.9 Å². The van der Waals surface area contributed by atoms with Gasteiger partial charge < -0.3 is 10.4 Å². The lowest BCUT2D eigenvalue weighted by Gasteiger charge is -2.19. The van der Waals surface area contributed by atoms with E-state index in [9.17, 15) is 4.79 Å². The molecule has 0 aliphatic carbocycles.